The largest absolute Gasteiger partial charge is 0.391 e. The fourth-order valence-corrected chi connectivity index (χ4v) is 2.98. The number of β-amino-alcohol motifs (C(OH)–C–C–N with tert-alkyl or cyclic N) is 1. The molecule has 26 heavy (non-hydrogen) atoms. The van der Waals surface area contributed by atoms with Crippen molar-refractivity contribution in [3.8, 4) is 11.4 Å². The minimum Gasteiger partial charge on any atom is -0.391 e. The lowest BCUT2D eigenvalue weighted by atomic mass is 10.0. The molecule has 142 valence electrons. The predicted octanol–water partition coefficient (Wildman–Crippen LogP) is 0.656. The number of rotatable bonds is 6. The Labute approximate surface area is 158 Å². The van der Waals surface area contributed by atoms with Gasteiger partial charge in [-0.15, -0.1) is 22.6 Å². The Kier molecular flexibility index (Phi) is 7.07. The second kappa shape index (κ2) is 9.07. The number of amides is 1. The van der Waals surface area contributed by atoms with Gasteiger partial charge in [-0.2, -0.15) is 4.80 Å². The molecule has 0 radical (unpaired) electrons. The molecule has 3 atom stereocenters. The lowest BCUT2D eigenvalue weighted by Crippen LogP contribution is -2.40. The highest BCUT2D eigenvalue weighted by Gasteiger charge is 2.30. The second-order valence-corrected chi connectivity index (χ2v) is 6.72. The Morgan fingerprint density at radius 1 is 1.35 bits per heavy atom. The molecule has 1 aromatic heterocycles. The molecule has 9 heteroatoms. The summed E-state index contributed by atoms with van der Waals surface area (Å²) in [6, 6.07) is 9.00. The first-order valence-electron chi connectivity index (χ1n) is 8.57. The number of aromatic nitrogens is 4. The van der Waals surface area contributed by atoms with E-state index in [0.29, 0.717) is 25.5 Å². The van der Waals surface area contributed by atoms with Gasteiger partial charge in [0.2, 0.25) is 11.7 Å². The first kappa shape index (κ1) is 20.3. The van der Waals surface area contributed by atoms with Crippen LogP contribution < -0.4 is 10.6 Å². The summed E-state index contributed by atoms with van der Waals surface area (Å²) in [6.07, 6.45) is -0.424. The molecule has 3 N–H and O–H groups in total. The highest BCUT2D eigenvalue weighted by atomic mass is 35.5. The number of aliphatic hydroxyl groups excluding tert-OH is 1. The van der Waals surface area contributed by atoms with Crippen molar-refractivity contribution in [2.24, 2.45) is 11.8 Å². The van der Waals surface area contributed by atoms with E-state index in [1.807, 2.05) is 44.2 Å². The third-order valence-corrected chi connectivity index (χ3v) is 4.45. The van der Waals surface area contributed by atoms with Gasteiger partial charge in [0.15, 0.2) is 6.04 Å². The van der Waals surface area contributed by atoms with Gasteiger partial charge in [-0.3, -0.25) is 4.79 Å². The van der Waals surface area contributed by atoms with Gasteiger partial charge in [0, 0.05) is 31.1 Å². The Hall–Kier alpha value is -2.03. The number of benzene rings is 1. The van der Waals surface area contributed by atoms with Crippen LogP contribution in [-0.4, -0.2) is 57.0 Å². The molecular formula is C17H25ClN6O2. The van der Waals surface area contributed by atoms with Crippen molar-refractivity contribution < 1.29 is 9.90 Å². The monoisotopic (exact) mass is 380 g/mol. The highest BCUT2D eigenvalue weighted by Crippen LogP contribution is 2.19. The summed E-state index contributed by atoms with van der Waals surface area (Å²) in [5.41, 5.74) is 0.858. The van der Waals surface area contributed by atoms with Crippen LogP contribution in [0.5, 0.6) is 0 Å². The topological polar surface area (TPSA) is 105 Å². The number of carbonyl (C=O) groups excluding carboxylic acids is 1. The van der Waals surface area contributed by atoms with Crippen molar-refractivity contribution in [1.82, 2.24) is 30.8 Å². The van der Waals surface area contributed by atoms with Gasteiger partial charge in [-0.25, -0.2) is 0 Å². The first-order valence-corrected chi connectivity index (χ1v) is 8.57. The maximum Gasteiger partial charge on any atom is 0.247 e. The SMILES string of the molecule is CC(C)C(C(=O)NCC1CNCC1O)n1nnc(-c2ccccc2)n1.Cl. The zero-order chi connectivity index (χ0) is 17.8. The standard InChI is InChI=1S/C17H24N6O2.ClH/c1-11(2)15(17(25)19-9-13-8-18-10-14(13)24)23-21-16(20-22-23)12-6-4-3-5-7-12;/h3-7,11,13-15,18,24H,8-10H2,1-2H3,(H,19,25);1H. The molecule has 3 unspecified atom stereocenters. The van der Waals surface area contributed by atoms with E-state index in [4.69, 9.17) is 0 Å². The molecule has 1 fully saturated rings. The van der Waals surface area contributed by atoms with Crippen molar-refractivity contribution in [2.45, 2.75) is 26.0 Å². The van der Waals surface area contributed by atoms with Gasteiger partial charge in [0.25, 0.3) is 0 Å². The van der Waals surface area contributed by atoms with Crippen LogP contribution in [0.4, 0.5) is 0 Å². The van der Waals surface area contributed by atoms with Crippen molar-refractivity contribution in [3.05, 3.63) is 30.3 Å². The van der Waals surface area contributed by atoms with E-state index < -0.39 is 12.1 Å². The summed E-state index contributed by atoms with van der Waals surface area (Å²) in [4.78, 5) is 14.0. The van der Waals surface area contributed by atoms with Crippen molar-refractivity contribution >= 4 is 18.3 Å². The smallest absolute Gasteiger partial charge is 0.247 e. The van der Waals surface area contributed by atoms with E-state index in [1.165, 1.54) is 4.80 Å². The van der Waals surface area contributed by atoms with E-state index in [1.54, 1.807) is 0 Å². The third-order valence-electron chi connectivity index (χ3n) is 4.45. The number of nitrogens with zero attached hydrogens (tertiary/aromatic N) is 4. The zero-order valence-corrected chi connectivity index (χ0v) is 15.7. The molecule has 1 saturated heterocycles. The first-order chi connectivity index (χ1) is 12.1. The van der Waals surface area contributed by atoms with Gasteiger partial charge in [0.05, 0.1) is 6.10 Å². The molecular weight excluding hydrogens is 356 g/mol. The van der Waals surface area contributed by atoms with E-state index in [-0.39, 0.29) is 30.2 Å². The van der Waals surface area contributed by atoms with Crippen LogP contribution in [0.25, 0.3) is 11.4 Å². The average molecular weight is 381 g/mol. The maximum absolute atomic E-state index is 12.7. The molecule has 2 aromatic rings. The molecule has 1 amide bonds. The minimum atomic E-state index is -0.545. The molecule has 0 bridgehead atoms. The number of tetrazole rings is 1. The third kappa shape index (κ3) is 4.57. The van der Waals surface area contributed by atoms with Crippen LogP contribution in [0.2, 0.25) is 0 Å². The number of carbonyl (C=O) groups is 1. The summed E-state index contributed by atoms with van der Waals surface area (Å²) in [7, 11) is 0. The molecule has 1 aliphatic rings. The minimum absolute atomic E-state index is 0. The summed E-state index contributed by atoms with van der Waals surface area (Å²) in [5, 5.41) is 28.4. The molecule has 0 spiro atoms. The van der Waals surface area contributed by atoms with Crippen LogP contribution in [0, 0.1) is 11.8 Å². The van der Waals surface area contributed by atoms with Crippen LogP contribution in [0.15, 0.2) is 30.3 Å². The number of aliphatic hydroxyl groups is 1. The van der Waals surface area contributed by atoms with E-state index in [9.17, 15) is 9.90 Å². The number of halogens is 1. The molecule has 0 saturated carbocycles. The predicted molar refractivity (Wildman–Crippen MR) is 99.8 cm³/mol. The molecule has 2 heterocycles. The zero-order valence-electron chi connectivity index (χ0n) is 14.9. The summed E-state index contributed by atoms with van der Waals surface area (Å²) in [6.45, 7) is 5.59. The molecule has 3 rings (SSSR count). The van der Waals surface area contributed by atoms with E-state index in [2.05, 4.69) is 26.0 Å². The van der Waals surface area contributed by atoms with Gasteiger partial charge in [0.1, 0.15) is 0 Å². The Bertz CT molecular complexity index is 708. The van der Waals surface area contributed by atoms with Crippen LogP contribution in [0.3, 0.4) is 0 Å². The molecule has 8 nitrogen and oxygen atoms in total. The van der Waals surface area contributed by atoms with Crippen LogP contribution in [0.1, 0.15) is 19.9 Å². The van der Waals surface area contributed by atoms with Gasteiger partial charge in [-0.1, -0.05) is 44.2 Å². The number of nitrogens with one attached hydrogen (secondary N) is 2. The molecule has 1 aromatic carbocycles. The highest BCUT2D eigenvalue weighted by molar-refractivity contribution is 5.85. The van der Waals surface area contributed by atoms with Crippen LogP contribution >= 0.6 is 12.4 Å². The van der Waals surface area contributed by atoms with E-state index >= 15 is 0 Å². The number of hydrogen-bond donors (Lipinski definition) is 3. The fourth-order valence-electron chi connectivity index (χ4n) is 2.98. The number of hydrogen-bond acceptors (Lipinski definition) is 6. The second-order valence-electron chi connectivity index (χ2n) is 6.72. The van der Waals surface area contributed by atoms with Crippen molar-refractivity contribution in [1.29, 1.82) is 0 Å². The van der Waals surface area contributed by atoms with Gasteiger partial charge < -0.3 is 15.7 Å². The lowest BCUT2D eigenvalue weighted by Gasteiger charge is -2.21. The Morgan fingerprint density at radius 3 is 2.69 bits per heavy atom. The van der Waals surface area contributed by atoms with E-state index in [0.717, 1.165) is 5.56 Å². The van der Waals surface area contributed by atoms with Crippen molar-refractivity contribution in [3.63, 3.8) is 0 Å². The van der Waals surface area contributed by atoms with Crippen molar-refractivity contribution in [2.75, 3.05) is 19.6 Å². The quantitative estimate of drug-likeness (QED) is 0.679. The summed E-state index contributed by atoms with van der Waals surface area (Å²) >= 11 is 0. The molecule has 0 aliphatic carbocycles. The van der Waals surface area contributed by atoms with Crippen LogP contribution in [-0.2, 0) is 4.79 Å². The normalized spacial score (nSPS) is 20.6. The Balaban J connectivity index is 0.00000243. The molecule has 1 aliphatic heterocycles. The summed E-state index contributed by atoms with van der Waals surface area (Å²) in [5.74, 6) is 0.366. The lowest BCUT2D eigenvalue weighted by molar-refractivity contribution is -0.126. The van der Waals surface area contributed by atoms with Gasteiger partial charge in [-0.05, 0) is 11.1 Å². The fraction of sp³-hybridized carbons (Fsp3) is 0.529. The summed E-state index contributed by atoms with van der Waals surface area (Å²) < 4.78 is 0. The maximum atomic E-state index is 12.7. The average Bonchev–Trinajstić information content (AvgIpc) is 3.23. The van der Waals surface area contributed by atoms with Gasteiger partial charge >= 0.3 is 0 Å². The Morgan fingerprint density at radius 2 is 2.08 bits per heavy atom.